The van der Waals surface area contributed by atoms with Gasteiger partial charge in [-0.25, -0.2) is 8.42 Å². The summed E-state index contributed by atoms with van der Waals surface area (Å²) in [4.78, 5) is 0. The first kappa shape index (κ1) is 20.2. The van der Waals surface area contributed by atoms with Gasteiger partial charge in [0.15, 0.2) is 0 Å². The van der Waals surface area contributed by atoms with Crippen LogP contribution >= 0.6 is 0 Å². The van der Waals surface area contributed by atoms with Gasteiger partial charge in [-0.05, 0) is 56.3 Å². The molecule has 27 heavy (non-hydrogen) atoms. The van der Waals surface area contributed by atoms with Crippen molar-refractivity contribution in [1.29, 1.82) is 0 Å². The number of hydrogen-bond acceptors (Lipinski definition) is 3. The largest absolute Gasteiger partial charge is 0.392 e. The van der Waals surface area contributed by atoms with Gasteiger partial charge in [-0.15, -0.1) is 0 Å². The summed E-state index contributed by atoms with van der Waals surface area (Å²) in [7, 11) is -3.38. The molecule has 0 radical (unpaired) electrons. The van der Waals surface area contributed by atoms with Crippen molar-refractivity contribution in [3.05, 3.63) is 0 Å². The Labute approximate surface area is 166 Å². The van der Waals surface area contributed by atoms with E-state index >= 15 is 0 Å². The Morgan fingerprint density at radius 2 is 1.41 bits per heavy atom. The Bertz CT molecular complexity index is 616. The highest BCUT2D eigenvalue weighted by molar-refractivity contribution is 7.89. The van der Waals surface area contributed by atoms with Gasteiger partial charge in [-0.2, -0.15) is 4.31 Å². The number of sulfonamides is 1. The molecule has 4 nitrogen and oxygen atoms in total. The minimum atomic E-state index is -3.38. The summed E-state index contributed by atoms with van der Waals surface area (Å²) in [6.45, 7) is 4.42. The highest BCUT2D eigenvalue weighted by Gasteiger charge is 2.65. The Balaban J connectivity index is 1.64. The van der Waals surface area contributed by atoms with Crippen LogP contribution in [-0.4, -0.2) is 41.8 Å². The predicted octanol–water partition coefficient (Wildman–Crippen LogP) is 4.47. The van der Waals surface area contributed by atoms with Crippen LogP contribution in [0, 0.1) is 16.7 Å². The van der Waals surface area contributed by atoms with Crippen LogP contribution in [0.25, 0.3) is 0 Å². The number of fused-ring (bicyclic) bond motifs is 2. The number of rotatable bonds is 5. The molecule has 4 saturated carbocycles. The van der Waals surface area contributed by atoms with E-state index in [1.807, 2.05) is 4.31 Å². The molecule has 156 valence electrons. The van der Waals surface area contributed by atoms with Crippen LogP contribution < -0.4 is 0 Å². The molecule has 0 aliphatic heterocycles. The van der Waals surface area contributed by atoms with Crippen LogP contribution in [0.2, 0.25) is 0 Å². The average Bonchev–Trinajstić information content (AvgIpc) is 2.97. The normalized spacial score (nSPS) is 37.9. The lowest BCUT2D eigenvalue weighted by atomic mass is 9.70. The van der Waals surface area contributed by atoms with Crippen LogP contribution in [0.5, 0.6) is 0 Å². The first-order valence-corrected chi connectivity index (χ1v) is 13.1. The summed E-state index contributed by atoms with van der Waals surface area (Å²) in [5, 5.41) is 10.9. The van der Waals surface area contributed by atoms with E-state index < -0.39 is 21.5 Å². The number of hydrogen-bond donors (Lipinski definition) is 1. The van der Waals surface area contributed by atoms with Crippen molar-refractivity contribution < 1.29 is 13.5 Å². The van der Waals surface area contributed by atoms with E-state index in [0.29, 0.717) is 5.92 Å². The van der Waals surface area contributed by atoms with E-state index in [-0.39, 0.29) is 23.3 Å². The predicted molar refractivity (Wildman–Crippen MR) is 109 cm³/mol. The van der Waals surface area contributed by atoms with Crippen molar-refractivity contribution >= 4 is 10.0 Å². The molecule has 0 aromatic rings. The minimum Gasteiger partial charge on any atom is -0.392 e. The minimum absolute atomic E-state index is 0.0791. The Morgan fingerprint density at radius 3 is 1.81 bits per heavy atom. The third-order valence-electron chi connectivity index (χ3n) is 9.02. The number of aliphatic hydroxyl groups is 1. The summed E-state index contributed by atoms with van der Waals surface area (Å²) >= 11 is 0. The van der Waals surface area contributed by atoms with Gasteiger partial charge in [0.25, 0.3) is 0 Å². The highest BCUT2D eigenvalue weighted by atomic mass is 32.2. The molecule has 0 amide bonds. The molecule has 4 rings (SSSR count). The topological polar surface area (TPSA) is 57.6 Å². The smallest absolute Gasteiger partial charge is 0.215 e. The van der Waals surface area contributed by atoms with Crippen LogP contribution in [-0.2, 0) is 10.0 Å². The van der Waals surface area contributed by atoms with Crippen LogP contribution in [0.1, 0.15) is 97.3 Å². The molecule has 4 aliphatic rings. The maximum atomic E-state index is 13.9. The quantitative estimate of drug-likeness (QED) is 0.744. The van der Waals surface area contributed by atoms with Gasteiger partial charge in [0.05, 0.1) is 11.9 Å². The van der Waals surface area contributed by atoms with Crippen molar-refractivity contribution in [2.24, 2.45) is 16.7 Å². The summed E-state index contributed by atoms with van der Waals surface area (Å²) in [6.07, 6.45) is 13.5. The molecule has 1 N–H and O–H groups in total. The zero-order valence-corrected chi connectivity index (χ0v) is 18.1. The fourth-order valence-electron chi connectivity index (χ4n) is 7.20. The molecular weight excluding hydrogens is 358 g/mol. The second-order valence-electron chi connectivity index (χ2n) is 10.5. The fourth-order valence-corrected chi connectivity index (χ4v) is 10.0. The van der Waals surface area contributed by atoms with E-state index in [4.69, 9.17) is 0 Å². The van der Waals surface area contributed by atoms with E-state index in [1.54, 1.807) is 0 Å². The summed E-state index contributed by atoms with van der Waals surface area (Å²) in [5.41, 5.74) is -0.525. The fraction of sp³-hybridized carbons (Fsp3) is 1.00. The molecule has 5 heteroatoms. The zero-order chi connectivity index (χ0) is 19.3. The number of nitrogens with zero attached hydrogens (tertiary/aromatic N) is 1. The van der Waals surface area contributed by atoms with Gasteiger partial charge >= 0.3 is 0 Å². The van der Waals surface area contributed by atoms with Gasteiger partial charge in [0, 0.05) is 17.5 Å². The lowest BCUT2D eigenvalue weighted by Gasteiger charge is -2.45. The second kappa shape index (κ2) is 7.28. The van der Waals surface area contributed by atoms with Crippen molar-refractivity contribution in [2.45, 2.75) is 116 Å². The Kier molecular flexibility index (Phi) is 5.44. The summed E-state index contributed by atoms with van der Waals surface area (Å²) in [6, 6.07) is 0.393. The van der Waals surface area contributed by atoms with E-state index in [2.05, 4.69) is 13.8 Å². The first-order valence-electron chi connectivity index (χ1n) is 11.5. The zero-order valence-electron chi connectivity index (χ0n) is 17.3. The molecule has 0 saturated heterocycles. The molecule has 3 atom stereocenters. The molecule has 0 aromatic heterocycles. The van der Waals surface area contributed by atoms with Gasteiger partial charge in [0.1, 0.15) is 0 Å². The third kappa shape index (κ3) is 3.30. The summed E-state index contributed by atoms with van der Waals surface area (Å²) in [5.74, 6) is 0.637. The SMILES string of the molecule is CC1(C)[C@@H]2CCC1(CS(=O)(=O)N(C1CCCCC1)C1CCCCC1)C(O)C2. The molecule has 4 aliphatic carbocycles. The van der Waals surface area contributed by atoms with Crippen molar-refractivity contribution in [3.63, 3.8) is 0 Å². The maximum Gasteiger partial charge on any atom is 0.215 e. The molecule has 0 spiro atoms. The first-order chi connectivity index (χ1) is 12.8. The van der Waals surface area contributed by atoms with Crippen LogP contribution in [0.3, 0.4) is 0 Å². The van der Waals surface area contributed by atoms with Crippen molar-refractivity contribution in [1.82, 2.24) is 4.31 Å². The van der Waals surface area contributed by atoms with Gasteiger partial charge < -0.3 is 5.11 Å². The Morgan fingerprint density at radius 1 is 0.889 bits per heavy atom. The molecule has 0 aromatic carbocycles. The second-order valence-corrected chi connectivity index (χ2v) is 12.4. The molecular formula is C22H39NO3S. The Hall–Kier alpha value is -0.130. The monoisotopic (exact) mass is 397 g/mol. The molecule has 2 bridgehead atoms. The van der Waals surface area contributed by atoms with E-state index in [1.165, 1.54) is 12.8 Å². The average molecular weight is 398 g/mol. The molecule has 2 unspecified atom stereocenters. The number of aliphatic hydroxyl groups excluding tert-OH is 1. The molecule has 4 fully saturated rings. The van der Waals surface area contributed by atoms with Gasteiger partial charge in [-0.1, -0.05) is 52.4 Å². The lowest BCUT2D eigenvalue weighted by Crippen LogP contribution is -2.54. The van der Waals surface area contributed by atoms with Gasteiger partial charge in [-0.3, -0.25) is 0 Å². The van der Waals surface area contributed by atoms with Gasteiger partial charge in [0.2, 0.25) is 10.0 Å². The van der Waals surface area contributed by atoms with Crippen molar-refractivity contribution in [3.8, 4) is 0 Å². The highest BCUT2D eigenvalue weighted by Crippen LogP contribution is 2.66. The van der Waals surface area contributed by atoms with Crippen molar-refractivity contribution in [2.75, 3.05) is 5.75 Å². The maximum absolute atomic E-state index is 13.9. The van der Waals surface area contributed by atoms with E-state index in [9.17, 15) is 13.5 Å². The summed E-state index contributed by atoms with van der Waals surface area (Å²) < 4.78 is 29.8. The third-order valence-corrected chi connectivity index (χ3v) is 11.1. The van der Waals surface area contributed by atoms with Crippen LogP contribution in [0.15, 0.2) is 0 Å². The molecule has 0 heterocycles. The van der Waals surface area contributed by atoms with E-state index in [0.717, 1.165) is 70.6 Å². The van der Waals surface area contributed by atoms with Crippen LogP contribution in [0.4, 0.5) is 0 Å². The standard InChI is InChI=1S/C22H39NO3S/c1-21(2)17-13-14-22(21,20(24)15-17)16-27(25,26)23(18-9-5-3-6-10-18)19-11-7-4-8-12-19/h17-20,24H,3-16H2,1-2H3/t17-,20?,22?/m1/s1. The lowest BCUT2D eigenvalue weighted by molar-refractivity contribution is 0.0136.